The summed E-state index contributed by atoms with van der Waals surface area (Å²) in [6.07, 6.45) is 0. The van der Waals surface area contributed by atoms with Crippen LogP contribution in [-0.4, -0.2) is 24.5 Å². The molecule has 25 heavy (non-hydrogen) atoms. The average molecular weight is 383 g/mol. The lowest BCUT2D eigenvalue weighted by molar-refractivity contribution is -0.385. The van der Waals surface area contributed by atoms with E-state index in [9.17, 15) is 14.9 Å². The first kappa shape index (κ1) is 19.2. The van der Waals surface area contributed by atoms with E-state index >= 15 is 0 Å². The van der Waals surface area contributed by atoms with Gasteiger partial charge in [0.2, 0.25) is 0 Å². The molecule has 1 unspecified atom stereocenters. The van der Waals surface area contributed by atoms with Crippen LogP contribution in [0.3, 0.4) is 0 Å². The summed E-state index contributed by atoms with van der Waals surface area (Å²) < 4.78 is 5.53. The molecule has 0 aromatic heterocycles. The molecule has 0 spiro atoms. The summed E-state index contributed by atoms with van der Waals surface area (Å²) >= 11 is 11.9. The molecule has 0 aliphatic heterocycles. The number of nitrogens with zero attached hydrogens (tertiary/aromatic N) is 1. The maximum Gasteiger partial charge on any atom is 0.282 e. The molecule has 0 heterocycles. The van der Waals surface area contributed by atoms with Crippen molar-refractivity contribution in [2.75, 3.05) is 13.7 Å². The molecule has 132 valence electrons. The first-order chi connectivity index (χ1) is 11.8. The van der Waals surface area contributed by atoms with Crippen molar-refractivity contribution >= 4 is 34.8 Å². The van der Waals surface area contributed by atoms with Gasteiger partial charge in [-0.1, -0.05) is 35.3 Å². The zero-order valence-electron chi connectivity index (χ0n) is 13.6. The van der Waals surface area contributed by atoms with Crippen LogP contribution in [0.4, 0.5) is 5.69 Å². The van der Waals surface area contributed by atoms with Crippen LogP contribution in [-0.2, 0) is 10.3 Å². The van der Waals surface area contributed by atoms with Gasteiger partial charge >= 0.3 is 0 Å². The smallest absolute Gasteiger partial charge is 0.282 e. The molecule has 8 heteroatoms. The van der Waals surface area contributed by atoms with E-state index < -0.39 is 16.4 Å². The van der Waals surface area contributed by atoms with E-state index in [1.54, 1.807) is 25.1 Å². The van der Waals surface area contributed by atoms with Gasteiger partial charge in [0.15, 0.2) is 0 Å². The minimum absolute atomic E-state index is 0.0896. The highest BCUT2D eigenvalue weighted by atomic mass is 35.5. The molecule has 0 bridgehead atoms. The van der Waals surface area contributed by atoms with E-state index in [-0.39, 0.29) is 22.8 Å². The van der Waals surface area contributed by atoms with Gasteiger partial charge in [-0.15, -0.1) is 0 Å². The molecular weight excluding hydrogens is 367 g/mol. The number of benzene rings is 2. The Kier molecular flexibility index (Phi) is 6.00. The first-order valence-electron chi connectivity index (χ1n) is 7.30. The number of halogens is 2. The third-order valence-electron chi connectivity index (χ3n) is 3.87. The topological polar surface area (TPSA) is 81.5 Å². The second kappa shape index (κ2) is 7.82. The molecule has 1 atom stereocenters. The second-order valence-electron chi connectivity index (χ2n) is 5.55. The molecule has 0 saturated carbocycles. The number of methoxy groups -OCH3 is 1. The van der Waals surface area contributed by atoms with Crippen LogP contribution in [0.15, 0.2) is 42.5 Å². The molecule has 1 N–H and O–H groups in total. The van der Waals surface area contributed by atoms with E-state index in [2.05, 4.69) is 5.32 Å². The summed E-state index contributed by atoms with van der Waals surface area (Å²) in [4.78, 5) is 22.9. The van der Waals surface area contributed by atoms with E-state index in [0.717, 1.165) is 5.56 Å². The van der Waals surface area contributed by atoms with Gasteiger partial charge in [0.05, 0.1) is 11.5 Å². The Bertz CT molecular complexity index is 813. The molecule has 2 aromatic rings. The van der Waals surface area contributed by atoms with Crippen LogP contribution >= 0.6 is 23.2 Å². The standard InChI is InChI=1S/C17H16Cl2N2O4/c1-17(25-2,11-4-3-5-12(18)8-11)10-20-16(22)14-9-13(19)6-7-15(14)21(23)24/h3-9H,10H2,1-2H3,(H,20,22). The molecule has 1 amide bonds. The van der Waals surface area contributed by atoms with Crippen LogP contribution in [0, 0.1) is 10.1 Å². The lowest BCUT2D eigenvalue weighted by atomic mass is 9.95. The fraction of sp³-hybridized carbons (Fsp3) is 0.235. The summed E-state index contributed by atoms with van der Waals surface area (Å²) in [5.74, 6) is -0.612. The van der Waals surface area contributed by atoms with Crippen molar-refractivity contribution in [3.63, 3.8) is 0 Å². The molecule has 2 aromatic carbocycles. The fourth-order valence-electron chi connectivity index (χ4n) is 2.30. The van der Waals surface area contributed by atoms with Crippen molar-refractivity contribution in [1.29, 1.82) is 0 Å². The van der Waals surface area contributed by atoms with Gasteiger partial charge < -0.3 is 10.1 Å². The molecule has 0 saturated heterocycles. The summed E-state index contributed by atoms with van der Waals surface area (Å²) in [6, 6.07) is 10.9. The number of rotatable bonds is 6. The molecule has 0 aliphatic rings. The van der Waals surface area contributed by atoms with Gasteiger partial charge in [0.1, 0.15) is 11.2 Å². The molecular formula is C17H16Cl2N2O4. The minimum atomic E-state index is -0.853. The Balaban J connectivity index is 2.23. The van der Waals surface area contributed by atoms with Crippen LogP contribution in [0.2, 0.25) is 10.0 Å². The van der Waals surface area contributed by atoms with E-state index in [0.29, 0.717) is 5.02 Å². The number of nitrogens with one attached hydrogen (secondary N) is 1. The Morgan fingerprint density at radius 1 is 1.24 bits per heavy atom. The van der Waals surface area contributed by atoms with Crippen molar-refractivity contribution in [3.05, 3.63) is 73.8 Å². The Hall–Kier alpha value is -2.15. The SMILES string of the molecule is COC(C)(CNC(=O)c1cc(Cl)ccc1[N+](=O)[O-])c1cccc(Cl)c1. The van der Waals surface area contributed by atoms with Crippen LogP contribution in [0.1, 0.15) is 22.8 Å². The number of carbonyl (C=O) groups excluding carboxylic acids is 1. The number of ether oxygens (including phenoxy) is 1. The predicted octanol–water partition coefficient (Wildman–Crippen LogP) is 4.19. The maximum atomic E-state index is 12.4. The van der Waals surface area contributed by atoms with Crippen molar-refractivity contribution in [1.82, 2.24) is 5.32 Å². The number of hydrogen-bond acceptors (Lipinski definition) is 4. The summed E-state index contributed by atoms with van der Waals surface area (Å²) in [5.41, 5.74) is -0.511. The second-order valence-corrected chi connectivity index (χ2v) is 6.42. The normalized spacial score (nSPS) is 13.1. The van der Waals surface area contributed by atoms with Crippen LogP contribution < -0.4 is 5.32 Å². The van der Waals surface area contributed by atoms with Crippen molar-refractivity contribution in [2.24, 2.45) is 0 Å². The van der Waals surface area contributed by atoms with Crippen LogP contribution in [0.25, 0.3) is 0 Å². The van der Waals surface area contributed by atoms with Crippen molar-refractivity contribution in [2.45, 2.75) is 12.5 Å². The summed E-state index contributed by atoms with van der Waals surface area (Å²) in [6.45, 7) is 1.87. The fourth-order valence-corrected chi connectivity index (χ4v) is 2.67. The highest BCUT2D eigenvalue weighted by Crippen LogP contribution is 2.27. The Labute approximate surface area is 154 Å². The third-order valence-corrected chi connectivity index (χ3v) is 4.34. The quantitative estimate of drug-likeness (QED) is 0.599. The largest absolute Gasteiger partial charge is 0.372 e. The van der Waals surface area contributed by atoms with Gasteiger partial charge in [0.25, 0.3) is 11.6 Å². The van der Waals surface area contributed by atoms with Gasteiger partial charge in [-0.05, 0) is 36.8 Å². The highest BCUT2D eigenvalue weighted by Gasteiger charge is 2.29. The Morgan fingerprint density at radius 2 is 1.92 bits per heavy atom. The lowest BCUT2D eigenvalue weighted by Gasteiger charge is -2.29. The molecule has 0 aliphatic carbocycles. The zero-order chi connectivity index (χ0) is 18.6. The van der Waals surface area contributed by atoms with E-state index in [1.807, 2.05) is 6.07 Å². The Morgan fingerprint density at radius 3 is 2.52 bits per heavy atom. The third kappa shape index (κ3) is 4.48. The number of hydrogen-bond donors (Lipinski definition) is 1. The predicted molar refractivity (Wildman–Crippen MR) is 96.3 cm³/mol. The zero-order valence-corrected chi connectivity index (χ0v) is 15.1. The lowest BCUT2D eigenvalue weighted by Crippen LogP contribution is -2.40. The van der Waals surface area contributed by atoms with Crippen molar-refractivity contribution in [3.8, 4) is 0 Å². The van der Waals surface area contributed by atoms with Gasteiger partial charge in [-0.2, -0.15) is 0 Å². The summed E-state index contributed by atoms with van der Waals surface area (Å²) in [5, 5.41) is 14.5. The van der Waals surface area contributed by atoms with Gasteiger partial charge in [-0.25, -0.2) is 0 Å². The van der Waals surface area contributed by atoms with Gasteiger partial charge in [0, 0.05) is 23.2 Å². The van der Waals surface area contributed by atoms with E-state index in [4.69, 9.17) is 27.9 Å². The molecule has 6 nitrogen and oxygen atoms in total. The highest BCUT2D eigenvalue weighted by molar-refractivity contribution is 6.31. The molecule has 2 rings (SSSR count). The minimum Gasteiger partial charge on any atom is -0.372 e. The number of carbonyl (C=O) groups is 1. The molecule has 0 fully saturated rings. The van der Waals surface area contributed by atoms with Crippen molar-refractivity contribution < 1.29 is 14.5 Å². The summed E-state index contributed by atoms with van der Waals surface area (Å²) in [7, 11) is 1.51. The monoisotopic (exact) mass is 382 g/mol. The number of nitro groups is 1. The maximum absolute atomic E-state index is 12.4. The molecule has 0 radical (unpaired) electrons. The number of amides is 1. The first-order valence-corrected chi connectivity index (χ1v) is 8.06. The average Bonchev–Trinajstić information content (AvgIpc) is 2.59. The van der Waals surface area contributed by atoms with Gasteiger partial charge in [-0.3, -0.25) is 14.9 Å². The number of nitro benzene ring substituents is 1. The van der Waals surface area contributed by atoms with Crippen LogP contribution in [0.5, 0.6) is 0 Å². The van der Waals surface area contributed by atoms with E-state index in [1.165, 1.54) is 25.3 Å².